The van der Waals surface area contributed by atoms with Gasteiger partial charge in [-0.2, -0.15) is 0 Å². The Morgan fingerprint density at radius 3 is 2.53 bits per heavy atom. The third-order valence-electron chi connectivity index (χ3n) is 4.68. The fourth-order valence-electron chi connectivity index (χ4n) is 3.09. The molecule has 1 rings (SSSR count). The first-order valence-corrected chi connectivity index (χ1v) is 6.81. The van der Waals surface area contributed by atoms with E-state index < -0.39 is 0 Å². The summed E-state index contributed by atoms with van der Waals surface area (Å²) in [5, 5.41) is 0. The van der Waals surface area contributed by atoms with Crippen molar-refractivity contribution in [2.75, 3.05) is 0 Å². The second kappa shape index (κ2) is 5.72. The van der Waals surface area contributed by atoms with Crippen LogP contribution in [0.25, 0.3) is 0 Å². The van der Waals surface area contributed by atoms with E-state index in [1.807, 2.05) is 0 Å². The van der Waals surface area contributed by atoms with E-state index in [1.54, 1.807) is 5.57 Å². The van der Waals surface area contributed by atoms with Crippen LogP contribution in [-0.2, 0) is 0 Å². The van der Waals surface area contributed by atoms with Gasteiger partial charge in [0, 0.05) is 0 Å². The highest BCUT2D eigenvalue weighted by molar-refractivity contribution is 5.12. The first-order valence-electron chi connectivity index (χ1n) is 6.81. The van der Waals surface area contributed by atoms with Gasteiger partial charge in [0.25, 0.3) is 0 Å². The summed E-state index contributed by atoms with van der Waals surface area (Å²) in [4.78, 5) is 0. The predicted molar refractivity (Wildman–Crippen MR) is 68.9 cm³/mol. The molecule has 0 aromatic heterocycles. The Morgan fingerprint density at radius 1 is 1.33 bits per heavy atom. The van der Waals surface area contributed by atoms with Crippen LogP contribution in [-0.4, -0.2) is 0 Å². The molecule has 0 aliphatic heterocycles. The number of hydrogen-bond donors (Lipinski definition) is 0. The zero-order chi connectivity index (χ0) is 11.4. The lowest BCUT2D eigenvalue weighted by Gasteiger charge is -2.29. The Kier molecular flexibility index (Phi) is 4.89. The smallest absolute Gasteiger partial charge is 0.0201 e. The van der Waals surface area contributed by atoms with Crippen LogP contribution < -0.4 is 0 Å². The Morgan fingerprint density at radius 2 is 2.00 bits per heavy atom. The van der Waals surface area contributed by atoms with Crippen LogP contribution >= 0.6 is 0 Å². The molecule has 88 valence electrons. The lowest BCUT2D eigenvalue weighted by atomic mass is 9.76. The van der Waals surface area contributed by atoms with Gasteiger partial charge in [-0.05, 0) is 42.9 Å². The molecule has 15 heavy (non-hydrogen) atoms. The van der Waals surface area contributed by atoms with E-state index in [9.17, 15) is 0 Å². The summed E-state index contributed by atoms with van der Waals surface area (Å²) in [7, 11) is 0. The number of allylic oxidation sites excluding steroid dienone is 2. The zero-order valence-corrected chi connectivity index (χ0v) is 11.2. The van der Waals surface area contributed by atoms with E-state index in [-0.39, 0.29) is 0 Å². The molecule has 4 atom stereocenters. The fraction of sp³-hybridized carbons (Fsp3) is 0.867. The average Bonchev–Trinajstić information content (AvgIpc) is 2.39. The van der Waals surface area contributed by atoms with Gasteiger partial charge in [0.2, 0.25) is 0 Å². The highest BCUT2D eigenvalue weighted by Gasteiger charge is 2.27. The highest BCUT2D eigenvalue weighted by Crippen LogP contribution is 2.38. The van der Waals surface area contributed by atoms with E-state index in [1.165, 1.54) is 25.7 Å². The predicted octanol–water partition coefficient (Wildman–Crippen LogP) is 5.05. The van der Waals surface area contributed by atoms with E-state index in [4.69, 9.17) is 0 Å². The highest BCUT2D eigenvalue weighted by atomic mass is 14.3. The molecule has 0 saturated carbocycles. The summed E-state index contributed by atoms with van der Waals surface area (Å²) in [6.45, 7) is 11.9. The Hall–Kier alpha value is -0.260. The molecule has 0 bridgehead atoms. The molecule has 0 fully saturated rings. The van der Waals surface area contributed by atoms with Gasteiger partial charge >= 0.3 is 0 Å². The van der Waals surface area contributed by atoms with Crippen LogP contribution in [0.5, 0.6) is 0 Å². The largest absolute Gasteiger partial charge is 0.0848 e. The van der Waals surface area contributed by atoms with Gasteiger partial charge in [0.05, 0.1) is 0 Å². The van der Waals surface area contributed by atoms with Gasteiger partial charge in [-0.25, -0.2) is 0 Å². The molecule has 0 N–H and O–H groups in total. The van der Waals surface area contributed by atoms with Crippen molar-refractivity contribution in [2.45, 2.75) is 60.3 Å². The van der Waals surface area contributed by atoms with Crippen molar-refractivity contribution in [3.8, 4) is 0 Å². The van der Waals surface area contributed by atoms with Gasteiger partial charge in [0.15, 0.2) is 0 Å². The Balaban J connectivity index is 2.78. The minimum atomic E-state index is 0.790. The zero-order valence-electron chi connectivity index (χ0n) is 11.2. The lowest BCUT2D eigenvalue weighted by molar-refractivity contribution is 0.267. The Bertz CT molecular complexity index is 214. The van der Waals surface area contributed by atoms with Crippen molar-refractivity contribution < 1.29 is 0 Å². The molecule has 0 aromatic rings. The molecule has 4 unspecified atom stereocenters. The lowest BCUT2D eigenvalue weighted by Crippen LogP contribution is -2.20. The number of hydrogen-bond acceptors (Lipinski definition) is 0. The van der Waals surface area contributed by atoms with Gasteiger partial charge < -0.3 is 0 Å². The summed E-state index contributed by atoms with van der Waals surface area (Å²) in [5.74, 6) is 3.40. The second-order valence-corrected chi connectivity index (χ2v) is 5.41. The van der Waals surface area contributed by atoms with Crippen LogP contribution in [0, 0.1) is 23.7 Å². The van der Waals surface area contributed by atoms with Crippen molar-refractivity contribution in [1.82, 2.24) is 0 Å². The molecule has 0 saturated heterocycles. The summed E-state index contributed by atoms with van der Waals surface area (Å²) >= 11 is 0. The van der Waals surface area contributed by atoms with Crippen LogP contribution in [0.4, 0.5) is 0 Å². The first-order chi connectivity index (χ1) is 7.11. The van der Waals surface area contributed by atoms with Gasteiger partial charge in [-0.15, -0.1) is 0 Å². The Labute approximate surface area is 96.2 Å². The van der Waals surface area contributed by atoms with Crippen LogP contribution in [0.15, 0.2) is 11.6 Å². The van der Waals surface area contributed by atoms with E-state index in [0.29, 0.717) is 0 Å². The third kappa shape index (κ3) is 2.86. The second-order valence-electron chi connectivity index (χ2n) is 5.41. The maximum Gasteiger partial charge on any atom is -0.0201 e. The third-order valence-corrected chi connectivity index (χ3v) is 4.68. The molecular weight excluding hydrogens is 180 g/mol. The first kappa shape index (κ1) is 12.8. The molecule has 0 heterocycles. The van der Waals surface area contributed by atoms with Crippen LogP contribution in [0.2, 0.25) is 0 Å². The van der Waals surface area contributed by atoms with Crippen LogP contribution in [0.1, 0.15) is 60.3 Å². The molecule has 1 aliphatic carbocycles. The minimum absolute atomic E-state index is 0.790. The standard InChI is InChI=1S/C15H28/c1-6-11(3)15-10-8-9-14(7-2)12(4)13(15)5/h10-14H,6-9H2,1-5H3. The van der Waals surface area contributed by atoms with E-state index >= 15 is 0 Å². The SMILES string of the molecule is CCC(C)C1=CCCC(CC)C(C)C1C. The van der Waals surface area contributed by atoms with E-state index in [2.05, 4.69) is 40.7 Å². The van der Waals surface area contributed by atoms with Crippen molar-refractivity contribution in [3.63, 3.8) is 0 Å². The maximum atomic E-state index is 2.55. The normalized spacial score (nSPS) is 34.5. The van der Waals surface area contributed by atoms with Crippen molar-refractivity contribution in [1.29, 1.82) is 0 Å². The average molecular weight is 208 g/mol. The molecule has 1 aliphatic rings. The van der Waals surface area contributed by atoms with Crippen molar-refractivity contribution in [3.05, 3.63) is 11.6 Å². The van der Waals surface area contributed by atoms with Gasteiger partial charge in [-0.3, -0.25) is 0 Å². The molecule has 0 amide bonds. The molecule has 0 radical (unpaired) electrons. The minimum Gasteiger partial charge on any atom is -0.0848 e. The quantitative estimate of drug-likeness (QED) is 0.569. The maximum absolute atomic E-state index is 2.55. The van der Waals surface area contributed by atoms with Crippen molar-refractivity contribution in [2.24, 2.45) is 23.7 Å². The molecule has 0 heteroatoms. The molecule has 0 aromatic carbocycles. The molecule has 0 spiro atoms. The van der Waals surface area contributed by atoms with E-state index in [0.717, 1.165) is 23.7 Å². The number of rotatable bonds is 3. The summed E-state index contributed by atoms with van der Waals surface area (Å²) in [6, 6.07) is 0. The molecule has 0 nitrogen and oxygen atoms in total. The summed E-state index contributed by atoms with van der Waals surface area (Å²) < 4.78 is 0. The van der Waals surface area contributed by atoms with Crippen molar-refractivity contribution >= 4 is 0 Å². The summed E-state index contributed by atoms with van der Waals surface area (Å²) in [6.07, 6.45) is 7.91. The fourth-order valence-corrected chi connectivity index (χ4v) is 3.09. The molecular formula is C15H28. The van der Waals surface area contributed by atoms with Crippen LogP contribution in [0.3, 0.4) is 0 Å². The monoisotopic (exact) mass is 208 g/mol. The van der Waals surface area contributed by atoms with Gasteiger partial charge in [0.1, 0.15) is 0 Å². The topological polar surface area (TPSA) is 0 Å². The summed E-state index contributed by atoms with van der Waals surface area (Å²) in [5.41, 5.74) is 1.74. The van der Waals surface area contributed by atoms with Gasteiger partial charge in [-0.1, -0.05) is 52.7 Å².